The van der Waals surface area contributed by atoms with Crippen LogP contribution in [0.4, 0.5) is 0 Å². The van der Waals surface area contributed by atoms with Crippen LogP contribution in [0.25, 0.3) is 0 Å². The molecular formula is C16H22O2. The first-order valence-electron chi connectivity index (χ1n) is 6.83. The molecule has 1 aliphatic heterocycles. The van der Waals surface area contributed by atoms with Gasteiger partial charge in [0.25, 0.3) is 0 Å². The third-order valence-electron chi connectivity index (χ3n) is 3.41. The van der Waals surface area contributed by atoms with E-state index in [0.29, 0.717) is 12.5 Å². The molecule has 2 unspecified atom stereocenters. The molecule has 0 N–H and O–H groups in total. The Morgan fingerprint density at radius 1 is 1.44 bits per heavy atom. The Balaban J connectivity index is 2.09. The van der Waals surface area contributed by atoms with E-state index in [0.717, 1.165) is 18.6 Å². The van der Waals surface area contributed by atoms with Gasteiger partial charge in [-0.25, -0.2) is 0 Å². The molecule has 0 aromatic heterocycles. The molecule has 1 aromatic carbocycles. The minimum absolute atomic E-state index is 0.0846. The van der Waals surface area contributed by atoms with Crippen LogP contribution in [0.3, 0.4) is 0 Å². The van der Waals surface area contributed by atoms with Gasteiger partial charge < -0.3 is 9.47 Å². The number of hydrogen-bond acceptors (Lipinski definition) is 2. The zero-order valence-electron chi connectivity index (χ0n) is 11.1. The van der Waals surface area contributed by atoms with Gasteiger partial charge in [0.05, 0.1) is 0 Å². The molecule has 18 heavy (non-hydrogen) atoms. The van der Waals surface area contributed by atoms with Crippen molar-refractivity contribution >= 4 is 0 Å². The summed E-state index contributed by atoms with van der Waals surface area (Å²) in [5.41, 5.74) is 1.33. The molecule has 0 fully saturated rings. The SMILES string of the molecule is C=CCCCC1CC(OCC)Oc2ccccc21. The van der Waals surface area contributed by atoms with Crippen LogP contribution >= 0.6 is 0 Å². The van der Waals surface area contributed by atoms with Crippen LogP contribution in [-0.2, 0) is 4.74 Å². The lowest BCUT2D eigenvalue weighted by Crippen LogP contribution is -2.28. The van der Waals surface area contributed by atoms with Crippen molar-refractivity contribution in [2.24, 2.45) is 0 Å². The number of ether oxygens (including phenoxy) is 2. The summed E-state index contributed by atoms with van der Waals surface area (Å²) in [5.74, 6) is 1.54. The fraction of sp³-hybridized carbons (Fsp3) is 0.500. The summed E-state index contributed by atoms with van der Waals surface area (Å²) < 4.78 is 11.5. The van der Waals surface area contributed by atoms with Crippen molar-refractivity contribution in [2.75, 3.05) is 6.61 Å². The second kappa shape index (κ2) is 6.60. The van der Waals surface area contributed by atoms with Crippen LogP contribution in [-0.4, -0.2) is 12.9 Å². The van der Waals surface area contributed by atoms with Gasteiger partial charge >= 0.3 is 0 Å². The fourth-order valence-electron chi connectivity index (χ4n) is 2.54. The number of hydrogen-bond donors (Lipinski definition) is 0. The molecule has 2 rings (SSSR count). The van der Waals surface area contributed by atoms with Crippen molar-refractivity contribution in [1.29, 1.82) is 0 Å². The first-order valence-corrected chi connectivity index (χ1v) is 6.83. The van der Waals surface area contributed by atoms with Gasteiger partial charge in [-0.15, -0.1) is 6.58 Å². The summed E-state index contributed by atoms with van der Waals surface area (Å²) in [4.78, 5) is 0. The van der Waals surface area contributed by atoms with Gasteiger partial charge in [0.2, 0.25) is 0 Å². The Morgan fingerprint density at radius 3 is 3.06 bits per heavy atom. The quantitative estimate of drug-likeness (QED) is 0.551. The molecule has 2 atom stereocenters. The highest BCUT2D eigenvalue weighted by Crippen LogP contribution is 2.39. The Kier molecular flexibility index (Phi) is 4.82. The topological polar surface area (TPSA) is 18.5 Å². The number of para-hydroxylation sites is 1. The van der Waals surface area contributed by atoms with Gasteiger partial charge in [0, 0.05) is 13.0 Å². The standard InChI is InChI=1S/C16H22O2/c1-3-5-6-9-13-12-16(17-4-2)18-15-11-8-7-10-14(13)15/h3,7-8,10-11,13,16H,1,4-6,9,12H2,2H3. The highest BCUT2D eigenvalue weighted by Gasteiger charge is 2.27. The molecule has 98 valence electrons. The number of allylic oxidation sites excluding steroid dienone is 1. The van der Waals surface area contributed by atoms with E-state index < -0.39 is 0 Å². The van der Waals surface area contributed by atoms with Gasteiger partial charge in [0.15, 0.2) is 6.29 Å². The van der Waals surface area contributed by atoms with E-state index in [-0.39, 0.29) is 6.29 Å². The van der Waals surface area contributed by atoms with E-state index in [1.54, 1.807) is 0 Å². The zero-order valence-corrected chi connectivity index (χ0v) is 11.1. The van der Waals surface area contributed by atoms with Gasteiger partial charge in [-0.1, -0.05) is 24.3 Å². The smallest absolute Gasteiger partial charge is 0.200 e. The van der Waals surface area contributed by atoms with Crippen molar-refractivity contribution in [2.45, 2.75) is 44.8 Å². The van der Waals surface area contributed by atoms with Crippen molar-refractivity contribution in [3.05, 3.63) is 42.5 Å². The van der Waals surface area contributed by atoms with Crippen LogP contribution in [0.15, 0.2) is 36.9 Å². The fourth-order valence-corrected chi connectivity index (χ4v) is 2.54. The van der Waals surface area contributed by atoms with E-state index in [4.69, 9.17) is 9.47 Å². The molecule has 2 nitrogen and oxygen atoms in total. The Hall–Kier alpha value is -1.28. The van der Waals surface area contributed by atoms with Crippen LogP contribution in [0.5, 0.6) is 5.75 Å². The van der Waals surface area contributed by atoms with Gasteiger partial charge in [-0.3, -0.25) is 0 Å². The number of fused-ring (bicyclic) bond motifs is 1. The molecule has 1 aliphatic rings. The molecule has 0 amide bonds. The van der Waals surface area contributed by atoms with Crippen LogP contribution < -0.4 is 4.74 Å². The Labute approximate surface area is 110 Å². The summed E-state index contributed by atoms with van der Waals surface area (Å²) in [6.07, 6.45) is 6.31. The summed E-state index contributed by atoms with van der Waals surface area (Å²) >= 11 is 0. The minimum atomic E-state index is -0.0846. The summed E-state index contributed by atoms with van der Waals surface area (Å²) in [5, 5.41) is 0. The molecule has 1 heterocycles. The first-order chi connectivity index (χ1) is 8.85. The predicted octanol–water partition coefficient (Wildman–Crippen LogP) is 4.27. The van der Waals surface area contributed by atoms with Crippen LogP contribution in [0.2, 0.25) is 0 Å². The highest BCUT2D eigenvalue weighted by molar-refractivity contribution is 5.37. The summed E-state index contributed by atoms with van der Waals surface area (Å²) in [6.45, 7) is 6.49. The molecule has 0 aliphatic carbocycles. The van der Waals surface area contributed by atoms with E-state index in [2.05, 4.69) is 18.7 Å². The second-order valence-corrected chi connectivity index (χ2v) is 4.69. The molecule has 0 bridgehead atoms. The lowest BCUT2D eigenvalue weighted by molar-refractivity contribution is -0.0921. The first kappa shape index (κ1) is 13.2. The molecule has 0 saturated carbocycles. The Morgan fingerprint density at radius 2 is 2.28 bits per heavy atom. The normalized spacial score (nSPS) is 22.1. The maximum Gasteiger partial charge on any atom is 0.200 e. The molecule has 0 saturated heterocycles. The van der Waals surface area contributed by atoms with Crippen molar-refractivity contribution < 1.29 is 9.47 Å². The predicted molar refractivity (Wildman–Crippen MR) is 73.9 cm³/mol. The van der Waals surface area contributed by atoms with Crippen molar-refractivity contribution in [3.8, 4) is 5.75 Å². The second-order valence-electron chi connectivity index (χ2n) is 4.69. The maximum atomic E-state index is 5.87. The minimum Gasteiger partial charge on any atom is -0.465 e. The van der Waals surface area contributed by atoms with E-state index >= 15 is 0 Å². The van der Waals surface area contributed by atoms with Crippen LogP contribution in [0, 0.1) is 0 Å². The number of unbranched alkanes of at least 4 members (excludes halogenated alkanes) is 1. The molecule has 2 heteroatoms. The third-order valence-corrected chi connectivity index (χ3v) is 3.41. The molecular weight excluding hydrogens is 224 g/mol. The summed E-state index contributed by atoms with van der Waals surface area (Å²) in [6, 6.07) is 8.33. The monoisotopic (exact) mass is 246 g/mol. The number of benzene rings is 1. The summed E-state index contributed by atoms with van der Waals surface area (Å²) in [7, 11) is 0. The maximum absolute atomic E-state index is 5.87. The molecule has 0 radical (unpaired) electrons. The van der Waals surface area contributed by atoms with Gasteiger partial charge in [-0.2, -0.15) is 0 Å². The van der Waals surface area contributed by atoms with E-state index in [1.807, 2.05) is 25.1 Å². The van der Waals surface area contributed by atoms with Crippen molar-refractivity contribution in [3.63, 3.8) is 0 Å². The average Bonchev–Trinajstić information content (AvgIpc) is 2.39. The molecule has 1 aromatic rings. The largest absolute Gasteiger partial charge is 0.465 e. The molecule has 0 spiro atoms. The lowest BCUT2D eigenvalue weighted by atomic mass is 9.88. The Bertz CT molecular complexity index is 386. The third kappa shape index (κ3) is 3.14. The van der Waals surface area contributed by atoms with E-state index in [1.165, 1.54) is 18.4 Å². The lowest BCUT2D eigenvalue weighted by Gasteiger charge is -2.31. The van der Waals surface area contributed by atoms with E-state index in [9.17, 15) is 0 Å². The average molecular weight is 246 g/mol. The highest BCUT2D eigenvalue weighted by atomic mass is 16.7. The zero-order chi connectivity index (χ0) is 12.8. The number of rotatable bonds is 6. The van der Waals surface area contributed by atoms with Crippen molar-refractivity contribution in [1.82, 2.24) is 0 Å². The van der Waals surface area contributed by atoms with Crippen LogP contribution in [0.1, 0.15) is 44.1 Å². The van der Waals surface area contributed by atoms with Gasteiger partial charge in [0.1, 0.15) is 5.75 Å². The van der Waals surface area contributed by atoms with Gasteiger partial charge in [-0.05, 0) is 43.7 Å².